The third-order valence-electron chi connectivity index (χ3n) is 0.957. The second-order valence-corrected chi connectivity index (χ2v) is 3.02. The molecule has 0 aromatic rings. The van der Waals surface area contributed by atoms with Crippen molar-refractivity contribution in [3.63, 3.8) is 0 Å². The molecule has 0 aromatic heterocycles. The molecule has 11 heavy (non-hydrogen) atoms. The average Bonchev–Trinajstić information content (AvgIpc) is 2.11. The summed E-state index contributed by atoms with van der Waals surface area (Å²) >= 11 is 7.65. The van der Waals surface area contributed by atoms with Crippen molar-refractivity contribution in [1.29, 1.82) is 0 Å². The van der Waals surface area contributed by atoms with Crippen molar-refractivity contribution in [3.8, 4) is 0 Å². The van der Waals surface area contributed by atoms with Crippen molar-refractivity contribution < 1.29 is 0 Å². The van der Waals surface area contributed by atoms with Gasteiger partial charge < -0.3 is 11.1 Å². The van der Waals surface area contributed by atoms with Gasteiger partial charge in [-0.2, -0.15) is 27.0 Å². The topological polar surface area (TPSA) is 38.0 Å². The number of hydrogen-bond acceptors (Lipinski definition) is 2. The van der Waals surface area contributed by atoms with Crippen LogP contribution in [0.2, 0.25) is 0 Å². The minimum Gasteiger partial charge on any atom is -0.385 e. The second kappa shape index (κ2) is 13.5. The quantitative estimate of drug-likeness (QED) is 0.426. The molecular weight excluding hydrogens is 216 g/mol. The van der Waals surface area contributed by atoms with Crippen LogP contribution in [0.3, 0.4) is 0 Å². The number of nitrogens with one attached hydrogen (secondary N) is 1. The number of thiocarbonyl (C=S) groups is 1. The summed E-state index contributed by atoms with van der Waals surface area (Å²) in [7, 11) is 0. The Labute approximate surface area is 93.0 Å². The van der Waals surface area contributed by atoms with Gasteiger partial charge in [0.2, 0.25) is 0 Å². The fourth-order valence-electron chi connectivity index (χ4n) is 0.625. The molecule has 0 spiro atoms. The lowest BCUT2D eigenvalue weighted by molar-refractivity contribution is 0.857. The van der Waals surface area contributed by atoms with E-state index in [2.05, 4.69) is 30.2 Å². The lowest BCUT2D eigenvalue weighted by Gasteiger charge is -1.76. The molecule has 2 nitrogen and oxygen atoms in total. The van der Waals surface area contributed by atoms with Gasteiger partial charge in [-0.3, -0.25) is 0 Å². The molecule has 1 heterocycles. The van der Waals surface area contributed by atoms with Gasteiger partial charge in [0, 0.05) is 0 Å². The van der Waals surface area contributed by atoms with Gasteiger partial charge in [0.1, 0.15) is 4.32 Å². The molecule has 1 aliphatic heterocycles. The summed E-state index contributed by atoms with van der Waals surface area (Å²) in [5.74, 6) is 0. The lowest BCUT2D eigenvalue weighted by Crippen LogP contribution is -2.03. The number of thiol groups is 1. The molecule has 3 N–H and O–H groups in total. The molecule has 0 aliphatic carbocycles. The van der Waals surface area contributed by atoms with Gasteiger partial charge in [0.05, 0.1) is 0 Å². The molecule has 70 valence electrons. The number of hydrogen-bond donors (Lipinski definition) is 3. The van der Waals surface area contributed by atoms with Crippen LogP contribution in [-0.4, -0.2) is 17.4 Å². The number of rotatable bonds is 0. The Bertz CT molecular complexity index is 72.9. The van der Waals surface area contributed by atoms with Gasteiger partial charge >= 0.3 is 0 Å². The fourth-order valence-corrected chi connectivity index (χ4v) is 0.625. The predicted octanol–water partition coefficient (Wildman–Crippen LogP) is 0.755. The minimum atomic E-state index is 0. The Morgan fingerprint density at radius 3 is 1.64 bits per heavy atom. The first-order chi connectivity index (χ1) is 4.23. The van der Waals surface area contributed by atoms with Crippen molar-refractivity contribution in [3.05, 3.63) is 0 Å². The first kappa shape index (κ1) is 17.8. The molecule has 1 fully saturated rings. The third kappa shape index (κ3) is 24.8. The first-order valence-electron chi connectivity index (χ1n) is 2.92. The first-order valence-corrected chi connectivity index (χ1v) is 3.78. The molecule has 0 aromatic carbocycles. The minimum absolute atomic E-state index is 0. The van der Waals surface area contributed by atoms with Crippen LogP contribution in [0.4, 0.5) is 0 Å². The summed E-state index contributed by atoms with van der Waals surface area (Å²) in [6.07, 6.45) is 2.78. The Balaban J connectivity index is -0.000000101. The van der Waals surface area contributed by atoms with Crippen LogP contribution in [0.15, 0.2) is 0 Å². The van der Waals surface area contributed by atoms with E-state index in [0.29, 0.717) is 0 Å². The van der Waals surface area contributed by atoms with E-state index in [9.17, 15) is 0 Å². The van der Waals surface area contributed by atoms with E-state index in [1.807, 2.05) is 0 Å². The van der Waals surface area contributed by atoms with Gasteiger partial charge in [-0.15, -0.1) is 12.6 Å². The van der Waals surface area contributed by atoms with Gasteiger partial charge in [-0.1, -0.05) is 12.2 Å². The molecule has 0 unspecified atom stereocenters. The Kier molecular flexibility index (Phi) is 21.9. The van der Waals surface area contributed by atoms with Crippen molar-refractivity contribution in [2.75, 3.05) is 13.1 Å². The normalized spacial score (nSPS) is 13.2. The number of nitrogens with two attached hydrogens (primary N) is 1. The van der Waals surface area contributed by atoms with Crippen LogP contribution in [0, 0.1) is 0 Å². The highest BCUT2D eigenvalue weighted by Gasteiger charge is 1.93. The maximum Gasteiger partial charge on any atom is 0.128 e. The molecule has 0 amide bonds. The van der Waals surface area contributed by atoms with E-state index in [0.717, 1.165) is 0 Å². The van der Waals surface area contributed by atoms with Crippen LogP contribution in [0.25, 0.3) is 0 Å². The summed E-state index contributed by atoms with van der Waals surface area (Å²) < 4.78 is 0.194. The summed E-state index contributed by atoms with van der Waals surface area (Å²) in [6.45, 7) is 2.50. The Morgan fingerprint density at radius 2 is 1.55 bits per heavy atom. The van der Waals surface area contributed by atoms with Crippen LogP contribution < -0.4 is 11.1 Å². The summed E-state index contributed by atoms with van der Waals surface area (Å²) in [5, 5.41) is 3.22. The summed E-state index contributed by atoms with van der Waals surface area (Å²) in [5.41, 5.74) is 4.71. The maximum absolute atomic E-state index is 4.71. The highest BCUT2D eigenvalue weighted by Crippen LogP contribution is 1.90. The van der Waals surface area contributed by atoms with Crippen LogP contribution in [0.1, 0.15) is 12.8 Å². The zero-order valence-electron chi connectivity index (χ0n) is 6.26. The van der Waals surface area contributed by atoms with Crippen molar-refractivity contribution in [2.24, 2.45) is 5.73 Å². The Morgan fingerprint density at radius 1 is 1.27 bits per heavy atom. The molecule has 0 bridgehead atoms. The van der Waals surface area contributed by atoms with E-state index in [1.54, 1.807) is 0 Å². The molecule has 1 rings (SSSR count). The van der Waals surface area contributed by atoms with Gasteiger partial charge in [-0.05, 0) is 25.9 Å². The molecule has 1 saturated heterocycles. The molecule has 6 heteroatoms. The zero-order chi connectivity index (χ0) is 7.11. The van der Waals surface area contributed by atoms with Crippen molar-refractivity contribution in [1.82, 2.24) is 5.32 Å². The molecule has 0 saturated carbocycles. The van der Waals surface area contributed by atoms with Crippen LogP contribution >= 0.6 is 51.8 Å². The van der Waals surface area contributed by atoms with E-state index < -0.39 is 0 Å². The lowest BCUT2D eigenvalue weighted by atomic mass is 10.4. The second-order valence-electron chi connectivity index (χ2n) is 1.80. The van der Waals surface area contributed by atoms with Gasteiger partial charge in [-0.25, -0.2) is 0 Å². The standard InChI is InChI=1S/C4H9N.CH3NS2.2H2S/c1-2-4-5-3-1;2-1(3)4;;/h5H,1-4H2;(H3,2,3,4);2*1H2. The maximum atomic E-state index is 4.71. The largest absolute Gasteiger partial charge is 0.385 e. The third-order valence-corrected chi connectivity index (χ3v) is 0.957. The molecular formula is C5H16N2S4. The van der Waals surface area contributed by atoms with Crippen molar-refractivity contribution in [2.45, 2.75) is 12.8 Å². The highest BCUT2D eigenvalue weighted by molar-refractivity contribution is 8.10. The highest BCUT2D eigenvalue weighted by atomic mass is 32.1. The van der Waals surface area contributed by atoms with E-state index in [1.165, 1.54) is 25.9 Å². The summed E-state index contributed by atoms with van der Waals surface area (Å²) in [4.78, 5) is 0. The summed E-state index contributed by atoms with van der Waals surface area (Å²) in [6, 6.07) is 0. The fraction of sp³-hybridized carbons (Fsp3) is 0.800. The molecule has 0 radical (unpaired) electrons. The van der Waals surface area contributed by atoms with Crippen molar-refractivity contribution >= 4 is 56.2 Å². The van der Waals surface area contributed by atoms with Crippen LogP contribution in [0.5, 0.6) is 0 Å². The van der Waals surface area contributed by atoms with E-state index >= 15 is 0 Å². The zero-order valence-corrected chi connectivity index (χ0v) is 9.97. The SMILES string of the molecule is C1CCNC1.NC(=S)S.S.S. The van der Waals surface area contributed by atoms with E-state index in [-0.39, 0.29) is 31.3 Å². The smallest absolute Gasteiger partial charge is 0.128 e. The molecule has 0 atom stereocenters. The van der Waals surface area contributed by atoms with Gasteiger partial charge in [0.25, 0.3) is 0 Å². The monoisotopic (exact) mass is 232 g/mol. The predicted molar refractivity (Wildman–Crippen MR) is 68.6 cm³/mol. The average molecular weight is 232 g/mol. The van der Waals surface area contributed by atoms with E-state index in [4.69, 9.17) is 5.73 Å². The van der Waals surface area contributed by atoms with Gasteiger partial charge in [0.15, 0.2) is 0 Å². The Hall–Kier alpha value is 0.900. The van der Waals surface area contributed by atoms with Crippen LogP contribution in [-0.2, 0) is 0 Å². The molecule has 1 aliphatic rings.